The Morgan fingerprint density at radius 3 is 0.896 bits per heavy atom. The summed E-state index contributed by atoms with van der Waals surface area (Å²) in [4.78, 5) is 0. The van der Waals surface area contributed by atoms with Crippen LogP contribution >= 0.6 is 0 Å². The molecule has 0 aliphatic rings. The van der Waals surface area contributed by atoms with E-state index < -0.39 is 0 Å². The molecule has 0 N–H and O–H groups in total. The van der Waals surface area contributed by atoms with Gasteiger partial charge < -0.3 is 0 Å². The van der Waals surface area contributed by atoms with Gasteiger partial charge in [-0.2, -0.15) is 0 Å². The SMILES string of the molecule is CCC[C@@H](C)c1ccc(-c2nnc(-c3cccc(-c4nnc(-c5ccc([C@H](C)CCC)cc5)n4-c4ccc(-c5cc(-c6ccc(-c7nnc(-c8ccccc8)n7-c7ccccc7)cc6)ccc5-c5nnc(-c6ccccc6)n5-c5ccccc5)cc4)c3)n2-c2ccccc2)cc1. The maximum absolute atomic E-state index is 5.08. The van der Waals surface area contributed by atoms with E-state index in [0.29, 0.717) is 29.3 Å². The summed E-state index contributed by atoms with van der Waals surface area (Å²) in [6.07, 6.45) is 4.50. The molecule has 11 aromatic carbocycles. The van der Waals surface area contributed by atoms with Gasteiger partial charge >= 0.3 is 0 Å². The molecule has 0 saturated heterocycles. The molecule has 0 aliphatic carbocycles. The quantitative estimate of drug-likeness (QED) is 0.0739. The maximum atomic E-state index is 5.08. The summed E-state index contributed by atoms with van der Waals surface area (Å²) in [5.74, 6) is 6.74. The summed E-state index contributed by atoms with van der Waals surface area (Å²) in [5.41, 5.74) is 17.9. The summed E-state index contributed by atoms with van der Waals surface area (Å²) in [6, 6.07) is 102. The van der Waals surface area contributed by atoms with Gasteiger partial charge in [0.05, 0.1) is 0 Å². The van der Waals surface area contributed by atoms with Gasteiger partial charge in [0.25, 0.3) is 0 Å². The van der Waals surface area contributed by atoms with E-state index in [1.807, 2.05) is 66.7 Å². The smallest absolute Gasteiger partial charge is 0.169 e. The topological polar surface area (TPSA) is 123 Å². The van der Waals surface area contributed by atoms with Gasteiger partial charge in [-0.1, -0.05) is 265 Å². The lowest BCUT2D eigenvalue weighted by atomic mass is 9.93. The Labute approximate surface area is 559 Å². The fraction of sp³-hybridized carbons (Fsp3) is 0.119. The molecule has 466 valence electrons. The maximum Gasteiger partial charge on any atom is 0.169 e. The summed E-state index contributed by atoms with van der Waals surface area (Å²) in [6.45, 7) is 9.08. The zero-order valence-corrected chi connectivity index (χ0v) is 54.1. The van der Waals surface area contributed by atoms with Crippen molar-refractivity contribution in [2.24, 2.45) is 0 Å². The molecule has 15 rings (SSSR count). The number of hydrogen-bond donors (Lipinski definition) is 0. The van der Waals surface area contributed by atoms with Crippen LogP contribution in [-0.2, 0) is 0 Å². The Hall–Kier alpha value is -12.0. The molecule has 4 aromatic heterocycles. The van der Waals surface area contributed by atoms with Crippen LogP contribution in [0.1, 0.15) is 76.3 Å². The van der Waals surface area contributed by atoms with Crippen LogP contribution in [0.15, 0.2) is 291 Å². The monoisotopic (exact) mass is 1250 g/mol. The van der Waals surface area contributed by atoms with E-state index in [4.69, 9.17) is 40.8 Å². The van der Waals surface area contributed by atoms with Gasteiger partial charge in [-0.05, 0) is 125 Å². The molecular formula is C84H70N12. The third-order valence-electron chi connectivity index (χ3n) is 18.2. The molecule has 0 aliphatic heterocycles. The third kappa shape index (κ3) is 11.9. The van der Waals surface area contributed by atoms with E-state index in [0.717, 1.165) is 144 Å². The van der Waals surface area contributed by atoms with E-state index in [-0.39, 0.29) is 0 Å². The first kappa shape index (κ1) is 60.2. The minimum atomic E-state index is 0.427. The van der Waals surface area contributed by atoms with Crippen LogP contribution in [0, 0.1) is 0 Å². The van der Waals surface area contributed by atoms with Crippen molar-refractivity contribution in [3.8, 4) is 136 Å². The molecule has 0 amide bonds. The predicted octanol–water partition coefficient (Wildman–Crippen LogP) is 20.5. The van der Waals surface area contributed by atoms with Gasteiger partial charge in [-0.3, -0.25) is 18.3 Å². The van der Waals surface area contributed by atoms with Gasteiger partial charge in [0.15, 0.2) is 46.6 Å². The fourth-order valence-corrected chi connectivity index (χ4v) is 13.2. The molecular weight excluding hydrogens is 1180 g/mol. The molecule has 4 heterocycles. The first-order valence-corrected chi connectivity index (χ1v) is 33.1. The van der Waals surface area contributed by atoms with E-state index in [9.17, 15) is 0 Å². The van der Waals surface area contributed by atoms with Crippen molar-refractivity contribution in [2.45, 2.75) is 65.2 Å². The molecule has 0 spiro atoms. The van der Waals surface area contributed by atoms with Crippen molar-refractivity contribution in [3.05, 3.63) is 302 Å². The van der Waals surface area contributed by atoms with E-state index in [1.54, 1.807) is 0 Å². The molecule has 12 nitrogen and oxygen atoms in total. The van der Waals surface area contributed by atoms with E-state index >= 15 is 0 Å². The normalized spacial score (nSPS) is 12.0. The number of hydrogen-bond acceptors (Lipinski definition) is 8. The average molecular weight is 1250 g/mol. The van der Waals surface area contributed by atoms with Gasteiger partial charge in [-0.25, -0.2) is 0 Å². The second kappa shape index (κ2) is 26.9. The first-order chi connectivity index (χ1) is 47.4. The van der Waals surface area contributed by atoms with Crippen molar-refractivity contribution >= 4 is 0 Å². The van der Waals surface area contributed by atoms with Crippen LogP contribution in [0.3, 0.4) is 0 Å². The molecule has 96 heavy (non-hydrogen) atoms. The van der Waals surface area contributed by atoms with Crippen LogP contribution in [0.4, 0.5) is 0 Å². The molecule has 0 bridgehead atoms. The van der Waals surface area contributed by atoms with Gasteiger partial charge in [0, 0.05) is 67.3 Å². The van der Waals surface area contributed by atoms with Crippen LogP contribution < -0.4 is 0 Å². The van der Waals surface area contributed by atoms with Crippen molar-refractivity contribution in [3.63, 3.8) is 0 Å². The number of benzene rings is 11. The van der Waals surface area contributed by atoms with Crippen molar-refractivity contribution in [2.75, 3.05) is 0 Å². The zero-order chi connectivity index (χ0) is 64.9. The van der Waals surface area contributed by atoms with Crippen LogP contribution in [0.25, 0.3) is 136 Å². The molecule has 0 saturated carbocycles. The minimum Gasteiger partial charge on any atom is -0.275 e. The van der Waals surface area contributed by atoms with Crippen LogP contribution in [-0.4, -0.2) is 59.1 Å². The van der Waals surface area contributed by atoms with Gasteiger partial charge in [0.1, 0.15) is 0 Å². The lowest BCUT2D eigenvalue weighted by Gasteiger charge is -2.17. The average Bonchev–Trinajstić information content (AvgIpc) is 1.56. The third-order valence-corrected chi connectivity index (χ3v) is 18.2. The number of rotatable bonds is 20. The Morgan fingerprint density at radius 2 is 0.510 bits per heavy atom. The number of aromatic nitrogens is 12. The fourth-order valence-electron chi connectivity index (χ4n) is 13.2. The van der Waals surface area contributed by atoms with Gasteiger partial charge in [-0.15, -0.1) is 40.8 Å². The highest BCUT2D eigenvalue weighted by atomic mass is 15.3. The Morgan fingerprint density at radius 1 is 0.229 bits per heavy atom. The Balaban J connectivity index is 0.857. The Kier molecular flexibility index (Phi) is 16.9. The molecule has 2 atom stereocenters. The summed E-state index contributed by atoms with van der Waals surface area (Å²) in [5, 5.41) is 39.6. The largest absolute Gasteiger partial charge is 0.275 e. The summed E-state index contributed by atoms with van der Waals surface area (Å²) >= 11 is 0. The van der Waals surface area contributed by atoms with Crippen molar-refractivity contribution in [1.82, 2.24) is 59.1 Å². The molecule has 0 radical (unpaired) electrons. The van der Waals surface area contributed by atoms with Gasteiger partial charge in [0.2, 0.25) is 0 Å². The highest BCUT2D eigenvalue weighted by molar-refractivity contribution is 5.87. The number of para-hydroxylation sites is 3. The van der Waals surface area contributed by atoms with E-state index in [1.165, 1.54) is 11.1 Å². The highest BCUT2D eigenvalue weighted by Crippen LogP contribution is 2.41. The minimum absolute atomic E-state index is 0.427. The molecule has 12 heteroatoms. The standard InChI is InChI=1S/C84H70N12/c1-5-23-57(3)59-37-43-65(44-38-59)80-87-90-82(94(80)72-33-18-10-19-34-72)69-29-22-30-70(55-69)83-91-88-81(66-45-39-60(40-46-66)58(4)24-6-2)95(83)74-52-49-62(50-53-74)76-56-68(51-54-75(76)84-92-89-78(64-27-14-8-15-28-64)96(84)73-35-20-11-21-36-73)61-41-47-67(48-42-61)79-86-85-77(63-25-12-7-13-26-63)93(79)71-31-16-9-17-32-71/h7-22,25-58H,5-6,23-24H2,1-4H3/t57-,58-/m1/s1. The van der Waals surface area contributed by atoms with Crippen LogP contribution in [0.2, 0.25) is 0 Å². The molecule has 0 unspecified atom stereocenters. The summed E-state index contributed by atoms with van der Waals surface area (Å²) < 4.78 is 8.63. The lowest BCUT2D eigenvalue weighted by Crippen LogP contribution is -2.03. The van der Waals surface area contributed by atoms with E-state index in [2.05, 4.69) is 270 Å². The van der Waals surface area contributed by atoms with Crippen molar-refractivity contribution in [1.29, 1.82) is 0 Å². The predicted molar refractivity (Wildman–Crippen MR) is 387 cm³/mol. The highest BCUT2D eigenvalue weighted by Gasteiger charge is 2.25. The lowest BCUT2D eigenvalue weighted by molar-refractivity contribution is 0.665. The molecule has 15 aromatic rings. The Bertz CT molecular complexity index is 5120. The second-order valence-corrected chi connectivity index (χ2v) is 24.6. The van der Waals surface area contributed by atoms with Crippen LogP contribution in [0.5, 0.6) is 0 Å². The zero-order valence-electron chi connectivity index (χ0n) is 54.1. The summed E-state index contributed by atoms with van der Waals surface area (Å²) in [7, 11) is 0. The van der Waals surface area contributed by atoms with Crippen molar-refractivity contribution < 1.29 is 0 Å². The number of nitrogens with zero attached hydrogens (tertiary/aromatic N) is 12. The molecule has 0 fully saturated rings. The second-order valence-electron chi connectivity index (χ2n) is 24.6. The first-order valence-electron chi connectivity index (χ1n) is 33.1.